The maximum Gasteiger partial charge on any atom is 0.243 e. The van der Waals surface area contributed by atoms with Crippen LogP contribution in [0.4, 0.5) is 4.39 Å². The quantitative estimate of drug-likeness (QED) is 0.744. The van der Waals surface area contributed by atoms with Crippen molar-refractivity contribution in [2.24, 2.45) is 0 Å². The standard InChI is InChI=1S/C22H27FN2O3S/c1-17-7-13-21(14-8-17)29(27,28)25(20-5-3-2-4-6-20)16-22(26)24-15-18-9-11-19(23)12-10-18/h7-14,20H,2-6,15-16H2,1H3,(H,24,26). The van der Waals surface area contributed by atoms with Crippen LogP contribution in [0.1, 0.15) is 43.2 Å². The highest BCUT2D eigenvalue weighted by molar-refractivity contribution is 7.89. The summed E-state index contributed by atoms with van der Waals surface area (Å²) in [6.45, 7) is 1.91. The van der Waals surface area contributed by atoms with E-state index in [0.29, 0.717) is 0 Å². The van der Waals surface area contributed by atoms with Crippen molar-refractivity contribution in [1.82, 2.24) is 9.62 Å². The SMILES string of the molecule is Cc1ccc(S(=O)(=O)N(CC(=O)NCc2ccc(F)cc2)C2CCCCC2)cc1. The normalized spacial score (nSPS) is 15.4. The molecule has 1 amide bonds. The average Bonchev–Trinajstić information content (AvgIpc) is 2.72. The monoisotopic (exact) mass is 418 g/mol. The van der Waals surface area contributed by atoms with E-state index in [-0.39, 0.29) is 35.8 Å². The highest BCUT2D eigenvalue weighted by atomic mass is 32.2. The van der Waals surface area contributed by atoms with Crippen LogP contribution in [-0.2, 0) is 21.4 Å². The summed E-state index contributed by atoms with van der Waals surface area (Å²) >= 11 is 0. The van der Waals surface area contributed by atoms with Gasteiger partial charge in [-0.25, -0.2) is 12.8 Å². The molecule has 1 fully saturated rings. The molecule has 1 aliphatic rings. The number of rotatable bonds is 7. The molecule has 7 heteroatoms. The molecule has 1 aliphatic carbocycles. The predicted octanol–water partition coefficient (Wildman–Crippen LogP) is 3.77. The van der Waals surface area contributed by atoms with Crippen LogP contribution < -0.4 is 5.32 Å². The number of hydrogen-bond acceptors (Lipinski definition) is 3. The van der Waals surface area contributed by atoms with Crippen LogP contribution >= 0.6 is 0 Å². The molecule has 1 N–H and O–H groups in total. The molecule has 1 saturated carbocycles. The third-order valence-corrected chi connectivity index (χ3v) is 7.22. The fraction of sp³-hybridized carbons (Fsp3) is 0.409. The van der Waals surface area contributed by atoms with Crippen molar-refractivity contribution < 1.29 is 17.6 Å². The summed E-state index contributed by atoms with van der Waals surface area (Å²) in [4.78, 5) is 12.8. The fourth-order valence-corrected chi connectivity index (χ4v) is 5.27. The molecule has 29 heavy (non-hydrogen) atoms. The van der Waals surface area contributed by atoms with Crippen LogP contribution in [0.15, 0.2) is 53.4 Å². The lowest BCUT2D eigenvalue weighted by molar-refractivity contribution is -0.121. The lowest BCUT2D eigenvalue weighted by Gasteiger charge is -2.33. The van der Waals surface area contributed by atoms with Crippen molar-refractivity contribution >= 4 is 15.9 Å². The summed E-state index contributed by atoms with van der Waals surface area (Å²) < 4.78 is 41.0. The summed E-state index contributed by atoms with van der Waals surface area (Å²) in [7, 11) is -3.78. The van der Waals surface area contributed by atoms with Crippen LogP contribution in [0.3, 0.4) is 0 Å². The zero-order chi connectivity index (χ0) is 20.9. The first-order chi connectivity index (χ1) is 13.9. The van der Waals surface area contributed by atoms with Gasteiger partial charge in [0.25, 0.3) is 0 Å². The number of halogens is 1. The Morgan fingerprint density at radius 3 is 2.28 bits per heavy atom. The van der Waals surface area contributed by atoms with Gasteiger partial charge in [0.15, 0.2) is 0 Å². The van der Waals surface area contributed by atoms with Gasteiger partial charge in [0.2, 0.25) is 15.9 Å². The summed E-state index contributed by atoms with van der Waals surface area (Å²) in [5, 5.41) is 2.75. The molecule has 0 saturated heterocycles. The Kier molecular flexibility index (Phi) is 7.03. The molecule has 0 spiro atoms. The highest BCUT2D eigenvalue weighted by Crippen LogP contribution is 2.27. The maximum absolute atomic E-state index is 13.3. The second-order valence-corrected chi connectivity index (χ2v) is 9.45. The molecule has 5 nitrogen and oxygen atoms in total. The van der Waals surface area contributed by atoms with Crippen molar-refractivity contribution in [1.29, 1.82) is 0 Å². The smallest absolute Gasteiger partial charge is 0.243 e. The second kappa shape index (κ2) is 9.50. The Balaban J connectivity index is 1.75. The number of sulfonamides is 1. The van der Waals surface area contributed by atoms with Gasteiger partial charge in [-0.05, 0) is 49.6 Å². The lowest BCUT2D eigenvalue weighted by Crippen LogP contribution is -2.46. The third kappa shape index (κ3) is 5.64. The molecule has 0 atom stereocenters. The van der Waals surface area contributed by atoms with E-state index in [1.54, 1.807) is 36.4 Å². The number of carbonyl (C=O) groups is 1. The van der Waals surface area contributed by atoms with Crippen molar-refractivity contribution in [3.63, 3.8) is 0 Å². The van der Waals surface area contributed by atoms with Gasteiger partial charge < -0.3 is 5.32 Å². The van der Waals surface area contributed by atoms with E-state index in [1.165, 1.54) is 16.4 Å². The van der Waals surface area contributed by atoms with Crippen LogP contribution in [-0.4, -0.2) is 31.2 Å². The van der Waals surface area contributed by atoms with Crippen molar-refractivity contribution in [2.45, 2.75) is 56.5 Å². The van der Waals surface area contributed by atoms with Gasteiger partial charge in [-0.2, -0.15) is 4.31 Å². The van der Waals surface area contributed by atoms with Gasteiger partial charge in [-0.15, -0.1) is 0 Å². The van der Waals surface area contributed by atoms with Crippen molar-refractivity contribution in [3.8, 4) is 0 Å². The number of amides is 1. The lowest BCUT2D eigenvalue weighted by atomic mass is 9.95. The summed E-state index contributed by atoms with van der Waals surface area (Å²) in [5.41, 5.74) is 1.73. The number of nitrogens with zero attached hydrogens (tertiary/aromatic N) is 1. The molecule has 0 aromatic heterocycles. The van der Waals surface area contributed by atoms with Crippen LogP contribution in [0, 0.1) is 12.7 Å². The molecule has 2 aromatic carbocycles. The van der Waals surface area contributed by atoms with Crippen LogP contribution in [0.2, 0.25) is 0 Å². The number of carbonyl (C=O) groups excluding carboxylic acids is 1. The van der Waals surface area contributed by atoms with Crippen LogP contribution in [0.25, 0.3) is 0 Å². The summed E-state index contributed by atoms with van der Waals surface area (Å²) in [5.74, 6) is -0.705. The molecular formula is C22H27FN2O3S. The minimum atomic E-state index is -3.78. The Morgan fingerprint density at radius 1 is 1.03 bits per heavy atom. The van der Waals surface area contributed by atoms with E-state index in [2.05, 4.69) is 5.32 Å². The number of benzene rings is 2. The Bertz CT molecular complexity index is 922. The van der Waals surface area contributed by atoms with E-state index in [9.17, 15) is 17.6 Å². The molecule has 0 heterocycles. The molecule has 0 bridgehead atoms. The Labute approximate surface area is 172 Å². The fourth-order valence-electron chi connectivity index (χ4n) is 3.63. The predicted molar refractivity (Wildman–Crippen MR) is 110 cm³/mol. The molecule has 0 unspecified atom stereocenters. The van der Waals surface area contributed by atoms with Gasteiger partial charge in [0.1, 0.15) is 5.82 Å². The van der Waals surface area contributed by atoms with Gasteiger partial charge in [-0.1, -0.05) is 49.1 Å². The first kappa shape index (κ1) is 21.5. The van der Waals surface area contributed by atoms with E-state index in [1.807, 2.05) is 6.92 Å². The molecule has 0 aliphatic heterocycles. The first-order valence-electron chi connectivity index (χ1n) is 9.96. The van der Waals surface area contributed by atoms with E-state index in [4.69, 9.17) is 0 Å². The number of aryl methyl sites for hydroxylation is 1. The summed E-state index contributed by atoms with van der Waals surface area (Å²) in [6.07, 6.45) is 4.53. The molecule has 156 valence electrons. The highest BCUT2D eigenvalue weighted by Gasteiger charge is 2.33. The third-order valence-electron chi connectivity index (χ3n) is 5.31. The van der Waals surface area contributed by atoms with Crippen LogP contribution in [0.5, 0.6) is 0 Å². The van der Waals surface area contributed by atoms with Crippen molar-refractivity contribution in [3.05, 3.63) is 65.5 Å². The molecule has 3 rings (SSSR count). The van der Waals surface area contributed by atoms with Gasteiger partial charge in [-0.3, -0.25) is 4.79 Å². The van der Waals surface area contributed by atoms with E-state index >= 15 is 0 Å². The molecule has 0 radical (unpaired) electrons. The Morgan fingerprint density at radius 2 is 1.66 bits per heavy atom. The average molecular weight is 419 g/mol. The first-order valence-corrected chi connectivity index (χ1v) is 11.4. The topological polar surface area (TPSA) is 66.5 Å². The Hall–Kier alpha value is -2.25. The van der Waals surface area contributed by atoms with Gasteiger partial charge in [0.05, 0.1) is 11.4 Å². The van der Waals surface area contributed by atoms with Gasteiger partial charge in [0, 0.05) is 12.6 Å². The maximum atomic E-state index is 13.3. The number of hydrogen-bond donors (Lipinski definition) is 1. The molecule has 2 aromatic rings. The van der Waals surface area contributed by atoms with E-state index in [0.717, 1.165) is 43.2 Å². The number of nitrogens with one attached hydrogen (secondary N) is 1. The zero-order valence-electron chi connectivity index (χ0n) is 16.6. The second-order valence-electron chi connectivity index (χ2n) is 7.56. The zero-order valence-corrected chi connectivity index (χ0v) is 17.4. The minimum absolute atomic E-state index is 0.174. The summed E-state index contributed by atoms with van der Waals surface area (Å²) in [6, 6.07) is 12.4. The minimum Gasteiger partial charge on any atom is -0.351 e. The van der Waals surface area contributed by atoms with Gasteiger partial charge >= 0.3 is 0 Å². The molecular weight excluding hydrogens is 391 g/mol. The van der Waals surface area contributed by atoms with Crippen molar-refractivity contribution in [2.75, 3.05) is 6.54 Å². The van der Waals surface area contributed by atoms with E-state index < -0.39 is 10.0 Å². The largest absolute Gasteiger partial charge is 0.351 e.